The van der Waals surface area contributed by atoms with E-state index in [0.717, 1.165) is 12.6 Å². The molecule has 36 heavy (non-hydrogen) atoms. The maximum atomic E-state index is 4.72. The average Bonchev–Trinajstić information content (AvgIpc) is 3.44. The van der Waals surface area contributed by atoms with Crippen molar-refractivity contribution in [2.45, 2.75) is 149 Å². The summed E-state index contributed by atoms with van der Waals surface area (Å²) in [5.41, 5.74) is 1.47. The van der Waals surface area contributed by atoms with E-state index in [-0.39, 0.29) is 0 Å². The van der Waals surface area contributed by atoms with Gasteiger partial charge < -0.3 is 0 Å². The molecule has 1 aromatic carbocycles. The van der Waals surface area contributed by atoms with Gasteiger partial charge in [-0.05, 0) is 30.7 Å². The van der Waals surface area contributed by atoms with Crippen LogP contribution in [0.15, 0.2) is 40.3 Å². The van der Waals surface area contributed by atoms with Crippen molar-refractivity contribution in [2.75, 3.05) is 0 Å². The van der Waals surface area contributed by atoms with Crippen molar-refractivity contribution < 1.29 is 0 Å². The summed E-state index contributed by atoms with van der Waals surface area (Å²) < 4.78 is 0. The Morgan fingerprint density at radius 2 is 1.00 bits per heavy atom. The molecule has 0 spiro atoms. The van der Waals surface area contributed by atoms with E-state index in [2.05, 4.69) is 44.2 Å². The fourth-order valence-electron chi connectivity index (χ4n) is 5.77. The van der Waals surface area contributed by atoms with Gasteiger partial charge in [0.25, 0.3) is 0 Å². The topological polar surface area (TPSA) is 24.7 Å². The number of hydrogen-bond acceptors (Lipinski definition) is 2. The summed E-state index contributed by atoms with van der Waals surface area (Å²) in [6.45, 7) is 4.60. The van der Waals surface area contributed by atoms with Gasteiger partial charge in [-0.2, -0.15) is 0 Å². The Kier molecular flexibility index (Phi) is 18.3. The van der Waals surface area contributed by atoms with Gasteiger partial charge in [0.05, 0.1) is 5.92 Å². The van der Waals surface area contributed by atoms with Crippen molar-refractivity contribution >= 4 is 12.4 Å². The number of benzene rings is 1. The Morgan fingerprint density at radius 3 is 1.50 bits per heavy atom. The molecular formula is C34H57N2+. The van der Waals surface area contributed by atoms with Crippen LogP contribution in [0.1, 0.15) is 148 Å². The summed E-state index contributed by atoms with van der Waals surface area (Å²) in [5, 5.41) is 0. The SMILES string of the molecule is CCCCCCCCCCCCCC([C+]1N=CC=N1)C(CCCCCCCCC)Cc1ccccc1. The zero-order valence-electron chi connectivity index (χ0n) is 23.9. The highest BCUT2D eigenvalue weighted by Crippen LogP contribution is 2.37. The summed E-state index contributed by atoms with van der Waals surface area (Å²) in [4.78, 5) is 9.43. The van der Waals surface area contributed by atoms with E-state index in [9.17, 15) is 0 Å². The lowest BCUT2D eigenvalue weighted by Crippen LogP contribution is -2.22. The van der Waals surface area contributed by atoms with Gasteiger partial charge in [0.1, 0.15) is 0 Å². The van der Waals surface area contributed by atoms with E-state index >= 15 is 0 Å². The Labute approximate surface area is 224 Å². The van der Waals surface area contributed by atoms with Gasteiger partial charge in [-0.1, -0.05) is 170 Å². The minimum atomic E-state index is 0.499. The van der Waals surface area contributed by atoms with Gasteiger partial charge in [-0.25, -0.2) is 0 Å². The second-order valence-corrected chi connectivity index (χ2v) is 11.2. The molecule has 0 fully saturated rings. The van der Waals surface area contributed by atoms with Crippen LogP contribution in [0.4, 0.5) is 0 Å². The Morgan fingerprint density at radius 1 is 0.556 bits per heavy atom. The highest BCUT2D eigenvalue weighted by Gasteiger charge is 2.35. The molecule has 1 aromatic rings. The molecule has 0 bridgehead atoms. The molecule has 1 heterocycles. The summed E-state index contributed by atoms with van der Waals surface area (Å²) in [5.74, 6) is 1.15. The van der Waals surface area contributed by atoms with E-state index in [1.54, 1.807) is 0 Å². The molecule has 1 aliphatic heterocycles. The van der Waals surface area contributed by atoms with Crippen LogP contribution in [0.2, 0.25) is 0 Å². The van der Waals surface area contributed by atoms with E-state index in [1.165, 1.54) is 134 Å². The molecule has 2 nitrogen and oxygen atoms in total. The molecule has 2 heteroatoms. The zero-order valence-corrected chi connectivity index (χ0v) is 23.9. The second kappa shape index (κ2) is 21.5. The Balaban J connectivity index is 1.79. The highest BCUT2D eigenvalue weighted by atomic mass is 15.0. The lowest BCUT2D eigenvalue weighted by Gasteiger charge is -2.26. The van der Waals surface area contributed by atoms with Crippen molar-refractivity contribution in [3.63, 3.8) is 0 Å². The largest absolute Gasteiger partial charge is 0.244 e. The third-order valence-corrected chi connectivity index (χ3v) is 8.02. The molecule has 0 amide bonds. The summed E-state index contributed by atoms with van der Waals surface area (Å²) in [6, 6.07) is 11.1. The van der Waals surface area contributed by atoms with Crippen molar-refractivity contribution in [1.29, 1.82) is 0 Å². The first-order valence-electron chi connectivity index (χ1n) is 15.8. The first kappa shape index (κ1) is 30.7. The highest BCUT2D eigenvalue weighted by molar-refractivity contribution is 6.18. The van der Waals surface area contributed by atoms with Crippen LogP contribution in [0, 0.1) is 18.0 Å². The van der Waals surface area contributed by atoms with Gasteiger partial charge in [0.2, 0.25) is 6.17 Å². The van der Waals surface area contributed by atoms with E-state index in [0.29, 0.717) is 11.8 Å². The average molecular weight is 494 g/mol. The molecule has 2 atom stereocenters. The van der Waals surface area contributed by atoms with Crippen molar-refractivity contribution in [2.24, 2.45) is 21.8 Å². The number of rotatable bonds is 24. The van der Waals surface area contributed by atoms with E-state index < -0.39 is 0 Å². The van der Waals surface area contributed by atoms with Crippen LogP contribution >= 0.6 is 0 Å². The molecule has 202 valence electrons. The molecule has 2 rings (SSSR count). The van der Waals surface area contributed by atoms with E-state index in [1.807, 2.05) is 12.4 Å². The molecule has 0 radical (unpaired) electrons. The van der Waals surface area contributed by atoms with Crippen LogP contribution in [0.25, 0.3) is 0 Å². The van der Waals surface area contributed by atoms with Crippen molar-refractivity contribution in [3.8, 4) is 0 Å². The van der Waals surface area contributed by atoms with Crippen LogP contribution in [0.5, 0.6) is 0 Å². The van der Waals surface area contributed by atoms with Gasteiger partial charge in [0.15, 0.2) is 12.4 Å². The number of nitrogens with zero attached hydrogens (tertiary/aromatic N) is 2. The third-order valence-electron chi connectivity index (χ3n) is 8.02. The zero-order chi connectivity index (χ0) is 25.5. The molecule has 0 N–H and O–H groups in total. The molecule has 0 aromatic heterocycles. The second-order valence-electron chi connectivity index (χ2n) is 11.2. The fraction of sp³-hybridized carbons (Fsp3) is 0.735. The number of unbranched alkanes of at least 4 members (excludes halogenated alkanes) is 16. The number of aliphatic imine (C=N–C) groups is 2. The summed E-state index contributed by atoms with van der Waals surface area (Å²) >= 11 is 0. The van der Waals surface area contributed by atoms with Gasteiger partial charge in [-0.15, -0.1) is 0 Å². The first-order valence-corrected chi connectivity index (χ1v) is 15.8. The molecule has 1 aliphatic rings. The fourth-order valence-corrected chi connectivity index (χ4v) is 5.77. The van der Waals surface area contributed by atoms with Crippen molar-refractivity contribution in [1.82, 2.24) is 0 Å². The quantitative estimate of drug-likeness (QED) is 0.101. The van der Waals surface area contributed by atoms with Crippen molar-refractivity contribution in [3.05, 3.63) is 42.1 Å². The van der Waals surface area contributed by atoms with Gasteiger partial charge in [0, 0.05) is 0 Å². The lowest BCUT2D eigenvalue weighted by atomic mass is 9.78. The number of hydrogen-bond donors (Lipinski definition) is 0. The summed E-state index contributed by atoms with van der Waals surface area (Å²) in [7, 11) is 0. The van der Waals surface area contributed by atoms with Gasteiger partial charge in [-0.3, -0.25) is 0 Å². The first-order chi connectivity index (χ1) is 17.8. The smallest absolute Gasteiger partial charge is 0.0965 e. The predicted molar refractivity (Wildman–Crippen MR) is 161 cm³/mol. The minimum absolute atomic E-state index is 0.499. The maximum Gasteiger partial charge on any atom is 0.244 e. The molecule has 2 unspecified atom stereocenters. The van der Waals surface area contributed by atoms with Crippen LogP contribution < -0.4 is 0 Å². The monoisotopic (exact) mass is 493 g/mol. The van der Waals surface area contributed by atoms with Crippen LogP contribution in [-0.4, -0.2) is 12.4 Å². The van der Waals surface area contributed by atoms with Crippen LogP contribution in [-0.2, 0) is 6.42 Å². The molecule has 0 aliphatic carbocycles. The predicted octanol–water partition coefficient (Wildman–Crippen LogP) is 10.9. The Hall–Kier alpha value is -1.57. The maximum absolute atomic E-state index is 4.72. The normalized spacial score (nSPS) is 14.6. The molecular weight excluding hydrogens is 436 g/mol. The van der Waals surface area contributed by atoms with Gasteiger partial charge >= 0.3 is 0 Å². The summed E-state index contributed by atoms with van der Waals surface area (Å²) in [6.07, 6.45) is 33.7. The van der Waals surface area contributed by atoms with E-state index in [4.69, 9.17) is 9.98 Å². The standard InChI is InChI=1S/C34H57N2/c1-3-5-7-9-11-12-13-14-16-18-23-27-33(34-35-28-29-36-34)32(30-31-24-20-19-21-25-31)26-22-17-15-10-8-6-4-2/h19-21,24-25,28-29,32-33H,3-18,22-23,26-27,30H2,1-2H3/q+1. The third kappa shape index (κ3) is 14.2. The molecule has 0 saturated heterocycles. The Bertz CT molecular complexity index is 653. The minimum Gasteiger partial charge on any atom is -0.0965 e. The molecule has 0 saturated carbocycles. The lowest BCUT2D eigenvalue weighted by molar-refractivity contribution is 0.284. The van der Waals surface area contributed by atoms with Crippen LogP contribution in [0.3, 0.4) is 0 Å².